The Morgan fingerprint density at radius 1 is 0.947 bits per heavy atom. The van der Waals surface area contributed by atoms with E-state index in [1.165, 1.54) is 57.4 Å². The molecule has 1 fully saturated rings. The van der Waals surface area contributed by atoms with E-state index in [1.54, 1.807) is 12.1 Å². The normalized spacial score (nSPS) is 18.5. The Hall–Kier alpha value is -1.22. The lowest BCUT2D eigenvalue weighted by atomic mass is 10.0. The van der Waals surface area contributed by atoms with Gasteiger partial charge in [0.1, 0.15) is 11.5 Å². The molecule has 106 valence electrons. The van der Waals surface area contributed by atoms with Gasteiger partial charge in [-0.15, -0.1) is 0 Å². The summed E-state index contributed by atoms with van der Waals surface area (Å²) in [6.07, 6.45) is 10.5. The molecule has 1 aliphatic rings. The van der Waals surface area contributed by atoms with Crippen molar-refractivity contribution in [3.05, 3.63) is 23.8 Å². The van der Waals surface area contributed by atoms with E-state index in [4.69, 9.17) is 0 Å². The van der Waals surface area contributed by atoms with Crippen LogP contribution in [0.2, 0.25) is 0 Å². The molecule has 0 radical (unpaired) electrons. The van der Waals surface area contributed by atoms with Gasteiger partial charge in [-0.3, -0.25) is 0 Å². The molecule has 0 aliphatic heterocycles. The van der Waals surface area contributed by atoms with Crippen LogP contribution in [0.4, 0.5) is 0 Å². The Balaban J connectivity index is 1.85. The highest BCUT2D eigenvalue weighted by Gasteiger charge is 2.11. The standard InChI is InChI=1S/C16H25NO2/c18-15-10-9-13(16(19)11-15)12-17-14-7-5-3-1-2-4-6-8-14/h9-11,14,17-19H,1-8,12H2. The van der Waals surface area contributed by atoms with Crippen LogP contribution in [0.25, 0.3) is 0 Å². The van der Waals surface area contributed by atoms with Crippen LogP contribution in [0, 0.1) is 0 Å². The fourth-order valence-corrected chi connectivity index (χ4v) is 2.79. The summed E-state index contributed by atoms with van der Waals surface area (Å²) < 4.78 is 0. The lowest BCUT2D eigenvalue weighted by Gasteiger charge is -2.18. The zero-order chi connectivity index (χ0) is 13.5. The van der Waals surface area contributed by atoms with Gasteiger partial charge in [-0.05, 0) is 18.9 Å². The van der Waals surface area contributed by atoms with E-state index in [9.17, 15) is 10.2 Å². The molecule has 3 N–H and O–H groups in total. The summed E-state index contributed by atoms with van der Waals surface area (Å²) in [5.74, 6) is 0.291. The van der Waals surface area contributed by atoms with Gasteiger partial charge >= 0.3 is 0 Å². The number of phenolic OH excluding ortho intramolecular Hbond substituents is 2. The van der Waals surface area contributed by atoms with Crippen LogP contribution in [0.1, 0.15) is 56.9 Å². The molecule has 0 heterocycles. The lowest BCUT2D eigenvalue weighted by Crippen LogP contribution is -2.28. The van der Waals surface area contributed by atoms with Gasteiger partial charge in [-0.25, -0.2) is 0 Å². The minimum absolute atomic E-state index is 0.115. The molecular weight excluding hydrogens is 238 g/mol. The van der Waals surface area contributed by atoms with Crippen molar-refractivity contribution in [2.24, 2.45) is 0 Å². The maximum absolute atomic E-state index is 9.77. The van der Waals surface area contributed by atoms with Gasteiger partial charge in [0.05, 0.1) is 0 Å². The third kappa shape index (κ3) is 4.75. The summed E-state index contributed by atoms with van der Waals surface area (Å²) in [6.45, 7) is 0.677. The molecule has 1 saturated carbocycles. The Kier molecular flexibility index (Phi) is 5.52. The molecule has 0 atom stereocenters. The van der Waals surface area contributed by atoms with Crippen molar-refractivity contribution < 1.29 is 10.2 Å². The zero-order valence-corrected chi connectivity index (χ0v) is 11.6. The molecule has 0 unspecified atom stereocenters. The molecule has 1 aliphatic carbocycles. The number of nitrogens with one attached hydrogen (secondary N) is 1. The Morgan fingerprint density at radius 3 is 2.21 bits per heavy atom. The van der Waals surface area contributed by atoms with Crippen LogP contribution < -0.4 is 5.32 Å². The van der Waals surface area contributed by atoms with Crippen molar-refractivity contribution >= 4 is 0 Å². The molecule has 1 aromatic carbocycles. The Labute approximate surface area is 115 Å². The zero-order valence-electron chi connectivity index (χ0n) is 11.6. The second-order valence-electron chi connectivity index (χ2n) is 5.59. The minimum atomic E-state index is 0.115. The molecule has 1 aromatic rings. The first kappa shape index (κ1) is 14.2. The second kappa shape index (κ2) is 7.39. The van der Waals surface area contributed by atoms with Crippen molar-refractivity contribution in [1.29, 1.82) is 0 Å². The molecular formula is C16H25NO2. The van der Waals surface area contributed by atoms with Crippen molar-refractivity contribution in [2.45, 2.75) is 64.0 Å². The molecule has 19 heavy (non-hydrogen) atoms. The van der Waals surface area contributed by atoms with Gasteiger partial charge in [0.25, 0.3) is 0 Å². The fraction of sp³-hybridized carbons (Fsp3) is 0.625. The highest BCUT2D eigenvalue weighted by Crippen LogP contribution is 2.23. The number of aromatic hydroxyl groups is 2. The largest absolute Gasteiger partial charge is 0.508 e. The number of phenols is 2. The first-order valence-electron chi connectivity index (χ1n) is 7.50. The number of benzene rings is 1. The molecule has 0 bridgehead atoms. The molecule has 0 aromatic heterocycles. The van der Waals surface area contributed by atoms with Gasteiger partial charge in [-0.2, -0.15) is 0 Å². The summed E-state index contributed by atoms with van der Waals surface area (Å²) in [6, 6.07) is 5.37. The third-order valence-electron chi connectivity index (χ3n) is 4.01. The van der Waals surface area contributed by atoms with E-state index in [2.05, 4.69) is 5.32 Å². The SMILES string of the molecule is Oc1ccc(CNC2CCCCCCCC2)c(O)c1. The number of hydrogen-bond donors (Lipinski definition) is 3. The Bertz CT molecular complexity index is 382. The summed E-state index contributed by atoms with van der Waals surface area (Å²) in [4.78, 5) is 0. The highest BCUT2D eigenvalue weighted by atomic mass is 16.3. The topological polar surface area (TPSA) is 52.5 Å². The van der Waals surface area contributed by atoms with Gasteiger partial charge in [0.15, 0.2) is 0 Å². The van der Waals surface area contributed by atoms with E-state index in [0.717, 1.165) is 5.56 Å². The fourth-order valence-electron chi connectivity index (χ4n) is 2.79. The average molecular weight is 263 g/mol. The molecule has 3 nitrogen and oxygen atoms in total. The van der Waals surface area contributed by atoms with Crippen LogP contribution >= 0.6 is 0 Å². The minimum Gasteiger partial charge on any atom is -0.508 e. The van der Waals surface area contributed by atoms with Crippen molar-refractivity contribution in [1.82, 2.24) is 5.32 Å². The number of hydrogen-bond acceptors (Lipinski definition) is 3. The smallest absolute Gasteiger partial charge is 0.123 e. The lowest BCUT2D eigenvalue weighted by molar-refractivity contribution is 0.417. The molecule has 3 heteroatoms. The quantitative estimate of drug-likeness (QED) is 0.779. The molecule has 2 rings (SSSR count). The van der Waals surface area contributed by atoms with Gasteiger partial charge < -0.3 is 15.5 Å². The van der Waals surface area contributed by atoms with E-state index >= 15 is 0 Å². The predicted molar refractivity (Wildman–Crippen MR) is 77.3 cm³/mol. The third-order valence-corrected chi connectivity index (χ3v) is 4.01. The van der Waals surface area contributed by atoms with Crippen LogP contribution in [-0.2, 0) is 6.54 Å². The first-order valence-corrected chi connectivity index (χ1v) is 7.50. The van der Waals surface area contributed by atoms with E-state index in [1.807, 2.05) is 0 Å². The maximum Gasteiger partial charge on any atom is 0.123 e. The second-order valence-corrected chi connectivity index (χ2v) is 5.59. The average Bonchev–Trinajstić information content (AvgIpc) is 2.51. The summed E-state index contributed by atoms with van der Waals surface area (Å²) in [5.41, 5.74) is 0.859. The maximum atomic E-state index is 9.77. The first-order chi connectivity index (χ1) is 9.25. The highest BCUT2D eigenvalue weighted by molar-refractivity contribution is 5.38. The summed E-state index contributed by atoms with van der Waals surface area (Å²) in [7, 11) is 0. The summed E-state index contributed by atoms with van der Waals surface area (Å²) in [5, 5.41) is 22.6. The molecule has 0 saturated heterocycles. The molecule has 0 amide bonds. The summed E-state index contributed by atoms with van der Waals surface area (Å²) >= 11 is 0. The van der Waals surface area contributed by atoms with E-state index < -0.39 is 0 Å². The van der Waals surface area contributed by atoms with Crippen LogP contribution in [0.3, 0.4) is 0 Å². The van der Waals surface area contributed by atoms with Gasteiger partial charge in [-0.1, -0.05) is 44.6 Å². The van der Waals surface area contributed by atoms with Crippen molar-refractivity contribution in [2.75, 3.05) is 0 Å². The van der Waals surface area contributed by atoms with Gasteiger partial charge in [0, 0.05) is 24.2 Å². The number of rotatable bonds is 3. The van der Waals surface area contributed by atoms with E-state index in [-0.39, 0.29) is 11.5 Å². The van der Waals surface area contributed by atoms with Crippen molar-refractivity contribution in [3.63, 3.8) is 0 Å². The Morgan fingerprint density at radius 2 is 1.58 bits per heavy atom. The van der Waals surface area contributed by atoms with E-state index in [0.29, 0.717) is 12.6 Å². The van der Waals surface area contributed by atoms with Crippen LogP contribution in [-0.4, -0.2) is 16.3 Å². The van der Waals surface area contributed by atoms with Crippen LogP contribution in [0.5, 0.6) is 11.5 Å². The predicted octanol–water partition coefficient (Wildman–Crippen LogP) is 3.69. The monoisotopic (exact) mass is 263 g/mol. The van der Waals surface area contributed by atoms with Crippen molar-refractivity contribution in [3.8, 4) is 11.5 Å². The van der Waals surface area contributed by atoms with Gasteiger partial charge in [0.2, 0.25) is 0 Å². The molecule has 0 spiro atoms. The van der Waals surface area contributed by atoms with Crippen LogP contribution in [0.15, 0.2) is 18.2 Å².